The van der Waals surface area contributed by atoms with Crippen LogP contribution in [-0.2, 0) is 0 Å². The van der Waals surface area contributed by atoms with Crippen molar-refractivity contribution in [1.82, 2.24) is 0 Å². The number of hydrogen-bond acceptors (Lipinski definition) is 1. The van der Waals surface area contributed by atoms with Crippen LogP contribution in [0.15, 0.2) is 42.5 Å². The summed E-state index contributed by atoms with van der Waals surface area (Å²) in [6, 6.07) is 13.7. The van der Waals surface area contributed by atoms with Crippen LogP contribution in [0.2, 0.25) is 10.0 Å². The van der Waals surface area contributed by atoms with Crippen LogP contribution in [0.25, 0.3) is 0 Å². The first-order valence-corrected chi connectivity index (χ1v) is 6.46. The second-order valence-electron chi connectivity index (χ2n) is 4.17. The molecule has 0 heterocycles. The molecule has 1 nitrogen and oxygen atoms in total. The molecule has 18 heavy (non-hydrogen) atoms. The number of methoxy groups -OCH3 is 1. The lowest BCUT2D eigenvalue weighted by Crippen LogP contribution is -1.97. The average molecular weight is 281 g/mol. The summed E-state index contributed by atoms with van der Waals surface area (Å²) in [6.45, 7) is 2.14. The van der Waals surface area contributed by atoms with E-state index in [9.17, 15) is 0 Å². The van der Waals surface area contributed by atoms with Gasteiger partial charge in [-0.1, -0.05) is 48.3 Å². The highest BCUT2D eigenvalue weighted by Gasteiger charge is 2.10. The minimum atomic E-state index is 0.272. The van der Waals surface area contributed by atoms with Gasteiger partial charge in [0.05, 0.1) is 12.1 Å². The molecule has 0 amide bonds. The van der Waals surface area contributed by atoms with Crippen molar-refractivity contribution in [2.45, 2.75) is 12.8 Å². The Morgan fingerprint density at radius 2 is 1.56 bits per heavy atom. The minimum Gasteiger partial charge on any atom is -0.495 e. The van der Waals surface area contributed by atoms with E-state index in [4.69, 9.17) is 27.9 Å². The Balaban J connectivity index is 2.33. The third-order valence-electron chi connectivity index (χ3n) is 3.05. The van der Waals surface area contributed by atoms with Crippen LogP contribution in [-0.4, -0.2) is 7.11 Å². The van der Waals surface area contributed by atoms with Gasteiger partial charge >= 0.3 is 0 Å². The smallest absolute Gasteiger partial charge is 0.137 e. The van der Waals surface area contributed by atoms with Gasteiger partial charge in [0, 0.05) is 10.9 Å². The van der Waals surface area contributed by atoms with E-state index in [1.54, 1.807) is 7.11 Å². The molecule has 0 aliphatic rings. The molecule has 0 radical (unpaired) electrons. The fraction of sp³-hybridized carbons (Fsp3) is 0.200. The van der Waals surface area contributed by atoms with Crippen LogP contribution >= 0.6 is 23.2 Å². The van der Waals surface area contributed by atoms with Crippen LogP contribution in [0.5, 0.6) is 5.75 Å². The molecule has 94 valence electrons. The van der Waals surface area contributed by atoms with Crippen molar-refractivity contribution in [2.24, 2.45) is 0 Å². The molecular formula is C15H14Cl2O. The fourth-order valence-corrected chi connectivity index (χ4v) is 2.21. The summed E-state index contributed by atoms with van der Waals surface area (Å²) < 4.78 is 5.24. The van der Waals surface area contributed by atoms with Crippen molar-refractivity contribution in [3.05, 3.63) is 63.6 Å². The Kier molecular flexibility index (Phi) is 4.15. The minimum absolute atomic E-state index is 0.272. The van der Waals surface area contributed by atoms with E-state index in [-0.39, 0.29) is 5.92 Å². The fourth-order valence-electron chi connectivity index (χ4n) is 1.89. The van der Waals surface area contributed by atoms with Crippen LogP contribution < -0.4 is 4.74 Å². The third kappa shape index (κ3) is 2.80. The normalized spacial score (nSPS) is 12.2. The van der Waals surface area contributed by atoms with Crippen molar-refractivity contribution in [1.29, 1.82) is 0 Å². The first-order valence-electron chi connectivity index (χ1n) is 5.70. The standard InChI is InChI=1S/C15H14Cl2O/c1-10(11-3-6-13(16)7-4-11)12-5-8-14(17)15(9-12)18-2/h3-10H,1-2H3. The number of halogens is 2. The Hall–Kier alpha value is -1.18. The quantitative estimate of drug-likeness (QED) is 0.755. The van der Waals surface area contributed by atoms with Gasteiger partial charge in [0.15, 0.2) is 0 Å². The number of hydrogen-bond donors (Lipinski definition) is 0. The largest absolute Gasteiger partial charge is 0.495 e. The molecule has 1 unspecified atom stereocenters. The molecule has 0 aliphatic heterocycles. The lowest BCUT2D eigenvalue weighted by molar-refractivity contribution is 0.414. The van der Waals surface area contributed by atoms with Crippen LogP contribution in [0.1, 0.15) is 24.0 Å². The lowest BCUT2D eigenvalue weighted by atomic mass is 9.93. The van der Waals surface area contributed by atoms with E-state index in [1.807, 2.05) is 42.5 Å². The van der Waals surface area contributed by atoms with Crippen molar-refractivity contribution in [2.75, 3.05) is 7.11 Å². The summed E-state index contributed by atoms with van der Waals surface area (Å²) in [4.78, 5) is 0. The van der Waals surface area contributed by atoms with Gasteiger partial charge in [-0.2, -0.15) is 0 Å². The first-order chi connectivity index (χ1) is 8.61. The summed E-state index contributed by atoms with van der Waals surface area (Å²) in [7, 11) is 1.62. The Morgan fingerprint density at radius 1 is 0.944 bits per heavy atom. The van der Waals surface area contributed by atoms with Crippen LogP contribution in [0, 0.1) is 0 Å². The van der Waals surface area contributed by atoms with Gasteiger partial charge in [-0.05, 0) is 35.4 Å². The zero-order valence-corrected chi connectivity index (χ0v) is 11.8. The second-order valence-corrected chi connectivity index (χ2v) is 5.01. The van der Waals surface area contributed by atoms with E-state index >= 15 is 0 Å². The predicted molar refractivity (Wildman–Crippen MR) is 77.0 cm³/mol. The van der Waals surface area contributed by atoms with Gasteiger partial charge in [0.2, 0.25) is 0 Å². The monoisotopic (exact) mass is 280 g/mol. The van der Waals surface area contributed by atoms with E-state index in [0.29, 0.717) is 10.8 Å². The van der Waals surface area contributed by atoms with Crippen molar-refractivity contribution < 1.29 is 4.74 Å². The van der Waals surface area contributed by atoms with E-state index in [0.717, 1.165) is 5.02 Å². The first kappa shape index (κ1) is 13.3. The average Bonchev–Trinajstić information content (AvgIpc) is 2.39. The molecule has 2 rings (SSSR count). The molecule has 0 N–H and O–H groups in total. The zero-order chi connectivity index (χ0) is 13.1. The topological polar surface area (TPSA) is 9.23 Å². The predicted octanol–water partition coefficient (Wildman–Crippen LogP) is 5.15. The molecule has 0 fully saturated rings. The van der Waals surface area contributed by atoms with Crippen molar-refractivity contribution >= 4 is 23.2 Å². The van der Waals surface area contributed by atoms with E-state index < -0.39 is 0 Å². The van der Waals surface area contributed by atoms with Gasteiger partial charge in [-0.25, -0.2) is 0 Å². The third-order valence-corrected chi connectivity index (χ3v) is 3.61. The molecule has 0 aromatic heterocycles. The molecule has 0 spiro atoms. The molecule has 2 aromatic rings. The molecule has 0 saturated carbocycles. The number of ether oxygens (including phenoxy) is 1. The Morgan fingerprint density at radius 3 is 2.17 bits per heavy atom. The second kappa shape index (κ2) is 5.64. The molecule has 2 aromatic carbocycles. The highest BCUT2D eigenvalue weighted by molar-refractivity contribution is 6.32. The van der Waals surface area contributed by atoms with Gasteiger partial charge in [-0.15, -0.1) is 0 Å². The molecule has 0 bridgehead atoms. The maximum absolute atomic E-state index is 6.03. The van der Waals surface area contributed by atoms with E-state index in [2.05, 4.69) is 6.92 Å². The molecule has 0 aliphatic carbocycles. The van der Waals surface area contributed by atoms with Gasteiger partial charge in [-0.3, -0.25) is 0 Å². The number of rotatable bonds is 3. The van der Waals surface area contributed by atoms with Crippen molar-refractivity contribution in [3.63, 3.8) is 0 Å². The zero-order valence-electron chi connectivity index (χ0n) is 10.3. The highest BCUT2D eigenvalue weighted by atomic mass is 35.5. The van der Waals surface area contributed by atoms with Gasteiger partial charge in [0.1, 0.15) is 5.75 Å². The van der Waals surface area contributed by atoms with Gasteiger partial charge < -0.3 is 4.74 Å². The van der Waals surface area contributed by atoms with E-state index in [1.165, 1.54) is 11.1 Å². The maximum Gasteiger partial charge on any atom is 0.137 e. The number of benzene rings is 2. The summed E-state index contributed by atoms with van der Waals surface area (Å²) >= 11 is 11.9. The maximum atomic E-state index is 6.03. The highest BCUT2D eigenvalue weighted by Crippen LogP contribution is 2.31. The Bertz CT molecular complexity index is 535. The molecule has 0 saturated heterocycles. The summed E-state index contributed by atoms with van der Waals surface area (Å²) in [5.74, 6) is 0.975. The molecular weight excluding hydrogens is 267 g/mol. The summed E-state index contributed by atoms with van der Waals surface area (Å²) in [6.07, 6.45) is 0. The van der Waals surface area contributed by atoms with Crippen LogP contribution in [0.3, 0.4) is 0 Å². The van der Waals surface area contributed by atoms with Gasteiger partial charge in [0.25, 0.3) is 0 Å². The summed E-state index contributed by atoms with van der Waals surface area (Å²) in [5.41, 5.74) is 2.38. The van der Waals surface area contributed by atoms with Crippen molar-refractivity contribution in [3.8, 4) is 5.75 Å². The SMILES string of the molecule is COc1cc(C(C)c2ccc(Cl)cc2)ccc1Cl. The molecule has 3 heteroatoms. The molecule has 1 atom stereocenters. The van der Waals surface area contributed by atoms with Crippen LogP contribution in [0.4, 0.5) is 0 Å². The lowest BCUT2D eigenvalue weighted by Gasteiger charge is -2.14. The Labute approximate surface area is 117 Å². The summed E-state index contributed by atoms with van der Waals surface area (Å²) in [5, 5.41) is 1.38.